The molecule has 1 aromatic heterocycles. The second kappa shape index (κ2) is 5.23. The lowest BCUT2D eigenvalue weighted by Gasteiger charge is -2.17. The van der Waals surface area contributed by atoms with Gasteiger partial charge in [-0.25, -0.2) is 0 Å². The zero-order chi connectivity index (χ0) is 13.1. The summed E-state index contributed by atoms with van der Waals surface area (Å²) in [6, 6.07) is 7.27. The van der Waals surface area contributed by atoms with Gasteiger partial charge >= 0.3 is 0 Å². The van der Waals surface area contributed by atoms with Crippen LogP contribution in [0.3, 0.4) is 0 Å². The van der Waals surface area contributed by atoms with Gasteiger partial charge in [0.2, 0.25) is 5.91 Å². The van der Waals surface area contributed by atoms with Crippen LogP contribution in [0, 0.1) is 5.92 Å². The molecule has 2 rings (SSSR count). The molecule has 2 aromatic rings. The van der Waals surface area contributed by atoms with E-state index in [1.807, 2.05) is 44.3 Å². The summed E-state index contributed by atoms with van der Waals surface area (Å²) in [6.07, 6.45) is 2.77. The number of amides is 1. The lowest BCUT2D eigenvalue weighted by atomic mass is 9.99. The summed E-state index contributed by atoms with van der Waals surface area (Å²) in [7, 11) is 0. The minimum atomic E-state index is -0.461. The van der Waals surface area contributed by atoms with E-state index in [1.54, 1.807) is 0 Å². The maximum absolute atomic E-state index is 11.9. The van der Waals surface area contributed by atoms with Crippen LogP contribution in [-0.2, 0) is 4.79 Å². The zero-order valence-electron chi connectivity index (χ0n) is 10.7. The van der Waals surface area contributed by atoms with Crippen LogP contribution in [0.2, 0.25) is 0 Å². The highest BCUT2D eigenvalue weighted by Crippen LogP contribution is 2.18. The van der Waals surface area contributed by atoms with Crippen molar-refractivity contribution in [2.45, 2.75) is 26.3 Å². The molecule has 4 N–H and O–H groups in total. The standard InChI is InChI=1S/C14H19N3O/c1-3-9(2)13(15)14(18)17-11-4-5-12-10(8-11)6-7-16-12/h4-9,13,16H,3,15H2,1-2H3,(H,17,18)/t9-,13-/m0/s1. The topological polar surface area (TPSA) is 70.9 Å². The van der Waals surface area contributed by atoms with Gasteiger partial charge in [0, 0.05) is 22.8 Å². The van der Waals surface area contributed by atoms with Crippen LogP contribution in [0.15, 0.2) is 30.5 Å². The van der Waals surface area contributed by atoms with Gasteiger partial charge < -0.3 is 16.0 Å². The number of fused-ring (bicyclic) bond motifs is 1. The van der Waals surface area contributed by atoms with E-state index >= 15 is 0 Å². The van der Waals surface area contributed by atoms with Gasteiger partial charge in [-0.15, -0.1) is 0 Å². The third-order valence-electron chi connectivity index (χ3n) is 3.38. The molecule has 0 spiro atoms. The number of carbonyl (C=O) groups is 1. The fraction of sp³-hybridized carbons (Fsp3) is 0.357. The Bertz CT molecular complexity index is 547. The number of carbonyl (C=O) groups excluding carboxylic acids is 1. The summed E-state index contributed by atoms with van der Waals surface area (Å²) < 4.78 is 0. The van der Waals surface area contributed by atoms with Crippen molar-refractivity contribution < 1.29 is 4.79 Å². The minimum Gasteiger partial charge on any atom is -0.361 e. The average Bonchev–Trinajstić information content (AvgIpc) is 2.84. The molecular formula is C14H19N3O. The van der Waals surface area contributed by atoms with Crippen molar-refractivity contribution in [3.63, 3.8) is 0 Å². The lowest BCUT2D eigenvalue weighted by molar-refractivity contribution is -0.118. The highest BCUT2D eigenvalue weighted by molar-refractivity contribution is 5.96. The number of hydrogen-bond donors (Lipinski definition) is 3. The molecule has 0 fully saturated rings. The van der Waals surface area contributed by atoms with Crippen LogP contribution < -0.4 is 11.1 Å². The number of nitrogens with two attached hydrogens (primary N) is 1. The normalized spacial score (nSPS) is 14.4. The molecule has 0 radical (unpaired) electrons. The summed E-state index contributed by atoms with van der Waals surface area (Å²) in [5.41, 5.74) is 7.73. The molecular weight excluding hydrogens is 226 g/mol. The van der Waals surface area contributed by atoms with Crippen LogP contribution in [0.1, 0.15) is 20.3 Å². The van der Waals surface area contributed by atoms with Gasteiger partial charge in [-0.3, -0.25) is 4.79 Å². The lowest BCUT2D eigenvalue weighted by Crippen LogP contribution is -2.40. The molecule has 0 bridgehead atoms. The average molecular weight is 245 g/mol. The first-order valence-corrected chi connectivity index (χ1v) is 6.25. The number of H-pyrrole nitrogens is 1. The van der Waals surface area contributed by atoms with E-state index in [1.165, 1.54) is 0 Å². The first-order chi connectivity index (χ1) is 8.61. The van der Waals surface area contributed by atoms with Crippen molar-refractivity contribution >= 4 is 22.5 Å². The minimum absolute atomic E-state index is 0.126. The van der Waals surface area contributed by atoms with Gasteiger partial charge in [-0.1, -0.05) is 20.3 Å². The molecule has 2 atom stereocenters. The Morgan fingerprint density at radius 2 is 2.22 bits per heavy atom. The number of aromatic nitrogens is 1. The molecule has 0 aliphatic heterocycles. The number of rotatable bonds is 4. The Hall–Kier alpha value is -1.81. The predicted octanol–water partition coefficient (Wildman–Crippen LogP) is 2.48. The van der Waals surface area contributed by atoms with E-state index in [2.05, 4.69) is 10.3 Å². The molecule has 0 unspecified atom stereocenters. The van der Waals surface area contributed by atoms with Crippen LogP contribution in [0.25, 0.3) is 10.9 Å². The van der Waals surface area contributed by atoms with Crippen molar-refractivity contribution in [2.75, 3.05) is 5.32 Å². The van der Waals surface area contributed by atoms with Crippen molar-refractivity contribution in [3.8, 4) is 0 Å². The van der Waals surface area contributed by atoms with Gasteiger partial charge in [-0.05, 0) is 30.2 Å². The smallest absolute Gasteiger partial charge is 0.241 e. The molecule has 0 saturated heterocycles. The van der Waals surface area contributed by atoms with E-state index in [0.717, 1.165) is 23.0 Å². The summed E-state index contributed by atoms with van der Waals surface area (Å²) in [5.74, 6) is 0.0558. The molecule has 1 heterocycles. The van der Waals surface area contributed by atoms with E-state index in [-0.39, 0.29) is 11.8 Å². The molecule has 4 nitrogen and oxygen atoms in total. The largest absolute Gasteiger partial charge is 0.361 e. The van der Waals surface area contributed by atoms with Gasteiger partial charge in [0.25, 0.3) is 0 Å². The monoisotopic (exact) mass is 245 g/mol. The first kappa shape index (κ1) is 12.6. The van der Waals surface area contributed by atoms with Gasteiger partial charge in [0.1, 0.15) is 0 Å². The summed E-state index contributed by atoms with van der Waals surface area (Å²) in [5, 5.41) is 3.94. The fourth-order valence-electron chi connectivity index (χ4n) is 1.87. The van der Waals surface area contributed by atoms with Gasteiger partial charge in [-0.2, -0.15) is 0 Å². The molecule has 18 heavy (non-hydrogen) atoms. The van der Waals surface area contributed by atoms with Crippen LogP contribution in [0.4, 0.5) is 5.69 Å². The molecule has 1 amide bonds. The summed E-state index contributed by atoms with van der Waals surface area (Å²) >= 11 is 0. The number of anilines is 1. The summed E-state index contributed by atoms with van der Waals surface area (Å²) in [6.45, 7) is 4.02. The molecule has 1 aromatic carbocycles. The van der Waals surface area contributed by atoms with E-state index in [0.29, 0.717) is 0 Å². The van der Waals surface area contributed by atoms with Crippen molar-refractivity contribution in [3.05, 3.63) is 30.5 Å². The maximum Gasteiger partial charge on any atom is 0.241 e. The Kier molecular flexibility index (Phi) is 3.67. The van der Waals surface area contributed by atoms with E-state index < -0.39 is 6.04 Å². The molecule has 0 aliphatic rings. The molecule has 96 valence electrons. The quantitative estimate of drug-likeness (QED) is 0.774. The van der Waals surface area contributed by atoms with Gasteiger partial charge in [0.05, 0.1) is 6.04 Å². The Morgan fingerprint density at radius 3 is 2.94 bits per heavy atom. The number of hydrogen-bond acceptors (Lipinski definition) is 2. The van der Waals surface area contributed by atoms with Crippen molar-refractivity contribution in [1.82, 2.24) is 4.98 Å². The third kappa shape index (κ3) is 2.54. The maximum atomic E-state index is 11.9. The zero-order valence-corrected chi connectivity index (χ0v) is 10.7. The van der Waals surface area contributed by atoms with Crippen molar-refractivity contribution in [1.29, 1.82) is 0 Å². The Balaban J connectivity index is 2.10. The summed E-state index contributed by atoms with van der Waals surface area (Å²) in [4.78, 5) is 15.1. The fourth-order valence-corrected chi connectivity index (χ4v) is 1.87. The molecule has 0 saturated carbocycles. The highest BCUT2D eigenvalue weighted by atomic mass is 16.2. The number of aromatic amines is 1. The third-order valence-corrected chi connectivity index (χ3v) is 3.38. The Morgan fingerprint density at radius 1 is 1.44 bits per heavy atom. The van der Waals surface area contributed by atoms with E-state index in [4.69, 9.17) is 5.73 Å². The number of benzene rings is 1. The van der Waals surface area contributed by atoms with Crippen molar-refractivity contribution in [2.24, 2.45) is 11.7 Å². The van der Waals surface area contributed by atoms with Gasteiger partial charge in [0.15, 0.2) is 0 Å². The predicted molar refractivity (Wildman–Crippen MR) is 74.4 cm³/mol. The first-order valence-electron chi connectivity index (χ1n) is 6.25. The second-order valence-electron chi connectivity index (χ2n) is 4.68. The second-order valence-corrected chi connectivity index (χ2v) is 4.68. The molecule has 4 heteroatoms. The SMILES string of the molecule is CC[C@H](C)[C@H](N)C(=O)Nc1ccc2[nH]ccc2c1. The Labute approximate surface area is 107 Å². The van der Waals surface area contributed by atoms with E-state index in [9.17, 15) is 4.79 Å². The van der Waals surface area contributed by atoms with Crippen LogP contribution in [0.5, 0.6) is 0 Å². The van der Waals surface area contributed by atoms with Crippen LogP contribution >= 0.6 is 0 Å². The van der Waals surface area contributed by atoms with Crippen LogP contribution in [-0.4, -0.2) is 16.9 Å². The number of nitrogens with one attached hydrogen (secondary N) is 2. The molecule has 0 aliphatic carbocycles. The highest BCUT2D eigenvalue weighted by Gasteiger charge is 2.19.